The lowest BCUT2D eigenvalue weighted by Gasteiger charge is -2.10. The van der Waals surface area contributed by atoms with E-state index in [0.29, 0.717) is 12.5 Å². The molecule has 0 aliphatic heterocycles. The zero-order chi connectivity index (χ0) is 7.98. The van der Waals surface area contributed by atoms with Crippen molar-refractivity contribution in [2.75, 3.05) is 13.6 Å². The standard InChI is InChI=1S/C8H19NO/c1-7(2)4-5-8(10)6-9-3/h7-10H,4-6H2,1-3H3/t8-/m0/s1. The number of likely N-dealkylation sites (N-methyl/N-ethyl adjacent to an activating group) is 1. The van der Waals surface area contributed by atoms with E-state index < -0.39 is 0 Å². The molecule has 2 nitrogen and oxygen atoms in total. The monoisotopic (exact) mass is 145 g/mol. The summed E-state index contributed by atoms with van der Waals surface area (Å²) in [4.78, 5) is 0. The summed E-state index contributed by atoms with van der Waals surface area (Å²) in [6, 6.07) is 0. The predicted molar refractivity (Wildman–Crippen MR) is 44.0 cm³/mol. The van der Waals surface area contributed by atoms with Gasteiger partial charge < -0.3 is 10.4 Å². The van der Waals surface area contributed by atoms with Crippen LogP contribution in [-0.2, 0) is 0 Å². The first-order valence-electron chi connectivity index (χ1n) is 3.99. The second kappa shape index (κ2) is 5.69. The molecule has 0 aromatic heterocycles. The van der Waals surface area contributed by atoms with Gasteiger partial charge in [-0.15, -0.1) is 0 Å². The van der Waals surface area contributed by atoms with E-state index in [2.05, 4.69) is 19.2 Å². The molecule has 2 heteroatoms. The van der Waals surface area contributed by atoms with Crippen molar-refractivity contribution in [3.8, 4) is 0 Å². The lowest BCUT2D eigenvalue weighted by atomic mass is 10.1. The highest BCUT2D eigenvalue weighted by molar-refractivity contribution is 4.58. The third-order valence-corrected chi connectivity index (χ3v) is 1.52. The number of rotatable bonds is 5. The molecule has 0 aliphatic carbocycles. The van der Waals surface area contributed by atoms with Crippen molar-refractivity contribution in [2.24, 2.45) is 5.92 Å². The minimum absolute atomic E-state index is 0.160. The van der Waals surface area contributed by atoms with Crippen molar-refractivity contribution in [3.05, 3.63) is 0 Å². The van der Waals surface area contributed by atoms with E-state index in [4.69, 9.17) is 0 Å². The lowest BCUT2D eigenvalue weighted by molar-refractivity contribution is 0.156. The highest BCUT2D eigenvalue weighted by Gasteiger charge is 2.02. The summed E-state index contributed by atoms with van der Waals surface area (Å²) in [5.41, 5.74) is 0. The smallest absolute Gasteiger partial charge is 0.0664 e. The molecule has 1 atom stereocenters. The molecule has 0 aromatic rings. The van der Waals surface area contributed by atoms with Gasteiger partial charge in [-0.3, -0.25) is 0 Å². The van der Waals surface area contributed by atoms with Crippen molar-refractivity contribution in [1.29, 1.82) is 0 Å². The van der Waals surface area contributed by atoms with Crippen LogP contribution in [0.4, 0.5) is 0 Å². The van der Waals surface area contributed by atoms with Gasteiger partial charge in [0, 0.05) is 6.54 Å². The Kier molecular flexibility index (Phi) is 5.64. The zero-order valence-corrected chi connectivity index (χ0v) is 7.22. The van der Waals surface area contributed by atoms with Gasteiger partial charge in [-0.2, -0.15) is 0 Å². The van der Waals surface area contributed by atoms with Gasteiger partial charge in [0.15, 0.2) is 0 Å². The largest absolute Gasteiger partial charge is 0.392 e. The molecule has 0 bridgehead atoms. The summed E-state index contributed by atoms with van der Waals surface area (Å²) >= 11 is 0. The molecule has 0 saturated heterocycles. The second-order valence-corrected chi connectivity index (χ2v) is 3.18. The average molecular weight is 145 g/mol. The first-order chi connectivity index (χ1) is 4.66. The van der Waals surface area contributed by atoms with E-state index >= 15 is 0 Å². The van der Waals surface area contributed by atoms with Crippen LogP contribution < -0.4 is 5.32 Å². The lowest BCUT2D eigenvalue weighted by Crippen LogP contribution is -2.23. The predicted octanol–water partition coefficient (Wildman–Crippen LogP) is 1.00. The highest BCUT2D eigenvalue weighted by Crippen LogP contribution is 2.05. The summed E-state index contributed by atoms with van der Waals surface area (Å²) in [6.45, 7) is 5.06. The van der Waals surface area contributed by atoms with E-state index in [0.717, 1.165) is 12.8 Å². The number of nitrogens with one attached hydrogen (secondary N) is 1. The normalized spacial score (nSPS) is 14.1. The fourth-order valence-electron chi connectivity index (χ4n) is 0.863. The quantitative estimate of drug-likeness (QED) is 0.605. The minimum Gasteiger partial charge on any atom is -0.392 e. The van der Waals surface area contributed by atoms with Crippen molar-refractivity contribution < 1.29 is 5.11 Å². The van der Waals surface area contributed by atoms with Gasteiger partial charge in [-0.05, 0) is 25.8 Å². The molecular weight excluding hydrogens is 126 g/mol. The summed E-state index contributed by atoms with van der Waals surface area (Å²) < 4.78 is 0. The fourth-order valence-corrected chi connectivity index (χ4v) is 0.863. The summed E-state index contributed by atoms with van der Waals surface area (Å²) in [5, 5.41) is 12.2. The molecule has 2 N–H and O–H groups in total. The summed E-state index contributed by atoms with van der Waals surface area (Å²) in [6.07, 6.45) is 1.87. The number of hydrogen-bond donors (Lipinski definition) is 2. The summed E-state index contributed by atoms with van der Waals surface area (Å²) in [7, 11) is 1.86. The Hall–Kier alpha value is -0.0800. The fraction of sp³-hybridized carbons (Fsp3) is 1.00. The van der Waals surface area contributed by atoms with Gasteiger partial charge in [0.05, 0.1) is 6.10 Å². The number of aliphatic hydroxyl groups is 1. The SMILES string of the molecule is CNC[C@@H](O)CCC(C)C. The van der Waals surface area contributed by atoms with Gasteiger partial charge in [-0.1, -0.05) is 13.8 Å². The van der Waals surface area contributed by atoms with Gasteiger partial charge >= 0.3 is 0 Å². The maximum absolute atomic E-state index is 9.24. The van der Waals surface area contributed by atoms with Gasteiger partial charge in [0.1, 0.15) is 0 Å². The van der Waals surface area contributed by atoms with Crippen LogP contribution in [0, 0.1) is 5.92 Å². The van der Waals surface area contributed by atoms with Crippen LogP contribution in [0.25, 0.3) is 0 Å². The topological polar surface area (TPSA) is 32.3 Å². The van der Waals surface area contributed by atoms with Crippen molar-refractivity contribution in [1.82, 2.24) is 5.32 Å². The van der Waals surface area contributed by atoms with Gasteiger partial charge in [0.25, 0.3) is 0 Å². The van der Waals surface area contributed by atoms with E-state index in [-0.39, 0.29) is 6.10 Å². The number of hydrogen-bond acceptors (Lipinski definition) is 2. The molecule has 0 radical (unpaired) electrons. The van der Waals surface area contributed by atoms with Crippen LogP contribution >= 0.6 is 0 Å². The van der Waals surface area contributed by atoms with Crippen molar-refractivity contribution in [3.63, 3.8) is 0 Å². The Morgan fingerprint density at radius 1 is 1.30 bits per heavy atom. The van der Waals surface area contributed by atoms with Crippen molar-refractivity contribution in [2.45, 2.75) is 32.8 Å². The molecule has 0 saturated carbocycles. The maximum Gasteiger partial charge on any atom is 0.0664 e. The third-order valence-electron chi connectivity index (χ3n) is 1.52. The first kappa shape index (κ1) is 9.92. The third kappa shape index (κ3) is 6.05. The van der Waals surface area contributed by atoms with Crippen LogP contribution in [0.3, 0.4) is 0 Å². The molecule has 0 aromatic carbocycles. The maximum atomic E-state index is 9.24. The molecule has 0 unspecified atom stereocenters. The van der Waals surface area contributed by atoms with E-state index in [1.807, 2.05) is 7.05 Å². The Labute approximate surface area is 63.6 Å². The number of aliphatic hydroxyl groups excluding tert-OH is 1. The van der Waals surface area contributed by atoms with Crippen molar-refractivity contribution >= 4 is 0 Å². The van der Waals surface area contributed by atoms with Gasteiger partial charge in [-0.25, -0.2) is 0 Å². The van der Waals surface area contributed by atoms with Crippen LogP contribution in [0.2, 0.25) is 0 Å². The van der Waals surface area contributed by atoms with Crippen LogP contribution in [0.5, 0.6) is 0 Å². The molecule has 0 rings (SSSR count). The van der Waals surface area contributed by atoms with Crippen LogP contribution in [0.1, 0.15) is 26.7 Å². The molecule has 0 heterocycles. The molecule has 62 valence electrons. The van der Waals surface area contributed by atoms with E-state index in [9.17, 15) is 5.11 Å². The molecule has 0 fully saturated rings. The molecule has 0 spiro atoms. The Morgan fingerprint density at radius 2 is 1.90 bits per heavy atom. The van der Waals surface area contributed by atoms with Gasteiger partial charge in [0.2, 0.25) is 0 Å². The zero-order valence-electron chi connectivity index (χ0n) is 7.22. The Morgan fingerprint density at radius 3 is 2.30 bits per heavy atom. The molecule has 0 amide bonds. The Bertz CT molecular complexity index is 73.7. The van der Waals surface area contributed by atoms with E-state index in [1.165, 1.54) is 0 Å². The highest BCUT2D eigenvalue weighted by atomic mass is 16.3. The molecule has 10 heavy (non-hydrogen) atoms. The van der Waals surface area contributed by atoms with Crippen LogP contribution in [-0.4, -0.2) is 24.8 Å². The average Bonchev–Trinajstić information content (AvgIpc) is 1.85. The van der Waals surface area contributed by atoms with Crippen LogP contribution in [0.15, 0.2) is 0 Å². The molecular formula is C8H19NO. The summed E-state index contributed by atoms with van der Waals surface area (Å²) in [5.74, 6) is 0.700. The first-order valence-corrected chi connectivity index (χ1v) is 3.99. The molecule has 0 aliphatic rings. The van der Waals surface area contributed by atoms with E-state index in [1.54, 1.807) is 0 Å². The second-order valence-electron chi connectivity index (χ2n) is 3.18. The Balaban J connectivity index is 3.12. The minimum atomic E-state index is -0.160.